The molecule has 156 valence electrons. The van der Waals surface area contributed by atoms with Crippen molar-refractivity contribution in [2.24, 2.45) is 5.73 Å². The van der Waals surface area contributed by atoms with Crippen LogP contribution in [-0.2, 0) is 19.6 Å². The van der Waals surface area contributed by atoms with Crippen LogP contribution in [0.1, 0.15) is 16.7 Å². The summed E-state index contributed by atoms with van der Waals surface area (Å²) in [6.45, 7) is 0.870. The molecule has 30 heavy (non-hydrogen) atoms. The van der Waals surface area contributed by atoms with Gasteiger partial charge in [0.15, 0.2) is 0 Å². The zero-order valence-corrected chi connectivity index (χ0v) is 17.7. The molecular weight excluding hydrogens is 403 g/mol. The maximum absolute atomic E-state index is 13.9. The molecule has 3 aromatic rings. The van der Waals surface area contributed by atoms with Gasteiger partial charge in [0.05, 0.1) is 12.2 Å². The van der Waals surface area contributed by atoms with Crippen molar-refractivity contribution >= 4 is 17.7 Å². The van der Waals surface area contributed by atoms with Crippen molar-refractivity contribution in [1.82, 2.24) is 14.7 Å². The summed E-state index contributed by atoms with van der Waals surface area (Å²) in [6.07, 6.45) is 3.78. The summed E-state index contributed by atoms with van der Waals surface area (Å²) in [4.78, 5) is 14.8. The maximum atomic E-state index is 13.9. The maximum Gasteiger partial charge on any atom is 0.271 e. The molecule has 2 aromatic carbocycles. The number of hydrogen-bond donors (Lipinski definition) is 1. The molecule has 0 unspecified atom stereocenters. The van der Waals surface area contributed by atoms with Crippen LogP contribution in [0.15, 0.2) is 59.4 Å². The highest BCUT2D eigenvalue weighted by atomic mass is 35.5. The molecule has 0 aliphatic heterocycles. The predicted molar refractivity (Wildman–Crippen MR) is 120 cm³/mol. The van der Waals surface area contributed by atoms with Crippen molar-refractivity contribution in [2.45, 2.75) is 19.6 Å². The van der Waals surface area contributed by atoms with Crippen molar-refractivity contribution < 1.29 is 4.39 Å². The summed E-state index contributed by atoms with van der Waals surface area (Å²) in [7, 11) is 3.80. The van der Waals surface area contributed by atoms with Crippen LogP contribution in [0.25, 0.3) is 17.3 Å². The van der Waals surface area contributed by atoms with Crippen LogP contribution in [0.3, 0.4) is 0 Å². The molecule has 1 aromatic heterocycles. The summed E-state index contributed by atoms with van der Waals surface area (Å²) in [5.41, 5.74) is 8.79. The second-order valence-corrected chi connectivity index (χ2v) is 7.68. The van der Waals surface area contributed by atoms with Crippen LogP contribution in [0.2, 0.25) is 5.02 Å². The second-order valence-electron chi connectivity index (χ2n) is 7.24. The molecule has 2 N–H and O–H groups in total. The lowest BCUT2D eigenvalue weighted by atomic mass is 10.1. The number of rotatable bonds is 7. The minimum atomic E-state index is -0.353. The zero-order valence-electron chi connectivity index (χ0n) is 17.0. The van der Waals surface area contributed by atoms with Gasteiger partial charge in [-0.05, 0) is 56.1 Å². The van der Waals surface area contributed by atoms with Gasteiger partial charge >= 0.3 is 0 Å². The number of allylic oxidation sites excluding steroid dienone is 1. The molecule has 0 aliphatic rings. The number of nitrogens with zero attached hydrogens (tertiary/aromatic N) is 3. The van der Waals surface area contributed by atoms with E-state index in [4.69, 9.17) is 17.3 Å². The lowest BCUT2D eigenvalue weighted by Crippen LogP contribution is -2.29. The Morgan fingerprint density at radius 1 is 1.13 bits per heavy atom. The zero-order chi connectivity index (χ0) is 21.7. The molecule has 0 amide bonds. The van der Waals surface area contributed by atoms with Crippen molar-refractivity contribution in [3.05, 3.63) is 92.5 Å². The van der Waals surface area contributed by atoms with Crippen LogP contribution >= 0.6 is 11.6 Å². The first-order valence-corrected chi connectivity index (χ1v) is 9.92. The van der Waals surface area contributed by atoms with Crippen LogP contribution in [0.4, 0.5) is 4.39 Å². The van der Waals surface area contributed by atoms with E-state index in [0.29, 0.717) is 40.5 Å². The van der Waals surface area contributed by atoms with Crippen LogP contribution in [0.5, 0.6) is 0 Å². The molecule has 0 saturated heterocycles. The minimum Gasteiger partial charge on any atom is -0.326 e. The highest BCUT2D eigenvalue weighted by Crippen LogP contribution is 2.20. The molecule has 0 saturated carbocycles. The molecule has 0 radical (unpaired) electrons. The van der Waals surface area contributed by atoms with E-state index in [1.807, 2.05) is 55.4 Å². The van der Waals surface area contributed by atoms with Gasteiger partial charge in [-0.25, -0.2) is 9.07 Å². The lowest BCUT2D eigenvalue weighted by Gasteiger charge is -2.13. The van der Waals surface area contributed by atoms with Gasteiger partial charge in [0.1, 0.15) is 5.82 Å². The Morgan fingerprint density at radius 3 is 2.53 bits per heavy atom. The van der Waals surface area contributed by atoms with Gasteiger partial charge in [0.2, 0.25) is 0 Å². The van der Waals surface area contributed by atoms with Crippen molar-refractivity contribution in [3.63, 3.8) is 0 Å². The van der Waals surface area contributed by atoms with E-state index in [0.717, 1.165) is 5.56 Å². The number of halogens is 2. The Bertz CT molecular complexity index is 1110. The topological polar surface area (TPSA) is 64.2 Å². The fourth-order valence-corrected chi connectivity index (χ4v) is 3.19. The largest absolute Gasteiger partial charge is 0.326 e. The molecule has 1 heterocycles. The van der Waals surface area contributed by atoms with E-state index in [1.54, 1.807) is 18.2 Å². The normalized spacial score (nSPS) is 11.5. The molecule has 0 aliphatic carbocycles. The van der Waals surface area contributed by atoms with Crippen LogP contribution in [-0.4, -0.2) is 28.8 Å². The fraction of sp³-hybridized carbons (Fsp3) is 0.217. The van der Waals surface area contributed by atoms with Crippen LogP contribution in [0, 0.1) is 5.82 Å². The van der Waals surface area contributed by atoms with Crippen molar-refractivity contribution in [1.29, 1.82) is 0 Å². The van der Waals surface area contributed by atoms with Crippen molar-refractivity contribution in [3.8, 4) is 11.3 Å². The van der Waals surface area contributed by atoms with E-state index in [1.165, 1.54) is 10.7 Å². The average molecular weight is 427 g/mol. The SMILES string of the molecule is CN(C)Cc1cc(-c2ccc(F)c(CN)c2)nn(CC=Cc2ccc(Cl)cc2)c1=O. The van der Waals surface area contributed by atoms with E-state index >= 15 is 0 Å². The average Bonchev–Trinajstić information content (AvgIpc) is 2.72. The Balaban J connectivity index is 1.98. The number of hydrogen-bond acceptors (Lipinski definition) is 4. The van der Waals surface area contributed by atoms with Gasteiger partial charge < -0.3 is 10.6 Å². The summed E-state index contributed by atoms with van der Waals surface area (Å²) < 4.78 is 15.3. The number of aromatic nitrogens is 2. The van der Waals surface area contributed by atoms with E-state index in [2.05, 4.69) is 5.10 Å². The molecule has 0 bridgehead atoms. The standard InChI is InChI=1S/C23H24ClFN4O/c1-28(2)15-19-13-22(17-7-10-21(25)18(12-17)14-26)27-29(23(19)30)11-3-4-16-5-8-20(24)9-6-16/h3-10,12-13H,11,14-15,26H2,1-2H3. The monoisotopic (exact) mass is 426 g/mol. The Labute approximate surface area is 180 Å². The molecule has 0 fully saturated rings. The highest BCUT2D eigenvalue weighted by molar-refractivity contribution is 6.30. The quantitative estimate of drug-likeness (QED) is 0.621. The first-order valence-electron chi connectivity index (χ1n) is 9.54. The lowest BCUT2D eigenvalue weighted by molar-refractivity contribution is 0.397. The van der Waals surface area contributed by atoms with Gasteiger partial charge in [-0.3, -0.25) is 4.79 Å². The summed E-state index contributed by atoms with van der Waals surface area (Å²) in [5, 5.41) is 5.18. The molecule has 0 atom stereocenters. The van der Waals surface area contributed by atoms with E-state index in [-0.39, 0.29) is 17.9 Å². The Hall–Kier alpha value is -2.80. The van der Waals surface area contributed by atoms with Gasteiger partial charge in [-0.1, -0.05) is 35.9 Å². The third kappa shape index (κ3) is 5.42. The molecular formula is C23H24ClFN4O. The highest BCUT2D eigenvalue weighted by Gasteiger charge is 2.12. The first-order chi connectivity index (χ1) is 14.4. The van der Waals surface area contributed by atoms with Crippen molar-refractivity contribution in [2.75, 3.05) is 14.1 Å². The molecule has 7 heteroatoms. The number of nitrogens with two attached hydrogens (primary N) is 1. The molecule has 0 spiro atoms. The third-order valence-electron chi connectivity index (χ3n) is 4.56. The second kappa shape index (κ2) is 9.80. The summed E-state index contributed by atoms with van der Waals surface area (Å²) >= 11 is 5.91. The Morgan fingerprint density at radius 2 is 1.87 bits per heavy atom. The van der Waals surface area contributed by atoms with E-state index < -0.39 is 0 Å². The van der Waals surface area contributed by atoms with Gasteiger partial charge in [-0.15, -0.1) is 0 Å². The first kappa shape index (κ1) is 21.9. The summed E-state index contributed by atoms with van der Waals surface area (Å²) in [5.74, 6) is -0.353. The van der Waals surface area contributed by atoms with E-state index in [9.17, 15) is 9.18 Å². The summed E-state index contributed by atoms with van der Waals surface area (Å²) in [6, 6.07) is 13.9. The predicted octanol–water partition coefficient (Wildman–Crippen LogP) is 3.94. The molecule has 5 nitrogen and oxygen atoms in total. The third-order valence-corrected chi connectivity index (χ3v) is 4.81. The van der Waals surface area contributed by atoms with Gasteiger partial charge in [-0.2, -0.15) is 5.10 Å². The van der Waals surface area contributed by atoms with Gasteiger partial charge in [0, 0.05) is 34.8 Å². The molecule has 3 rings (SSSR count). The van der Waals surface area contributed by atoms with Crippen LogP contribution < -0.4 is 11.3 Å². The number of benzene rings is 2. The minimum absolute atomic E-state index is 0.0910. The Kier molecular flexibility index (Phi) is 7.15. The van der Waals surface area contributed by atoms with Gasteiger partial charge in [0.25, 0.3) is 5.56 Å². The fourth-order valence-electron chi connectivity index (χ4n) is 3.07. The smallest absolute Gasteiger partial charge is 0.271 e.